The molecule has 0 aliphatic heterocycles. The van der Waals surface area contributed by atoms with Gasteiger partial charge in [-0.1, -0.05) is 12.1 Å². The van der Waals surface area contributed by atoms with E-state index in [4.69, 9.17) is 5.73 Å². The largest absolute Gasteiger partial charge is 0.416 e. The summed E-state index contributed by atoms with van der Waals surface area (Å²) >= 11 is 3.16. The van der Waals surface area contributed by atoms with Crippen LogP contribution in [0, 0.1) is 0 Å². The zero-order valence-electron chi connectivity index (χ0n) is 10.1. The number of anilines is 2. The third kappa shape index (κ3) is 3.60. The molecule has 3 N–H and O–H groups in total. The van der Waals surface area contributed by atoms with Gasteiger partial charge >= 0.3 is 6.18 Å². The molecule has 0 fully saturated rings. The number of alkyl halides is 3. The average Bonchev–Trinajstić information content (AvgIpc) is 2.39. The average molecular weight is 347 g/mol. The van der Waals surface area contributed by atoms with Gasteiger partial charge in [-0.05, 0) is 33.6 Å². The molecule has 0 atom stereocenters. The predicted octanol–water partition coefficient (Wildman–Crippen LogP) is 3.45. The van der Waals surface area contributed by atoms with Gasteiger partial charge in [-0.25, -0.2) is 9.97 Å². The first-order valence-corrected chi connectivity index (χ1v) is 6.33. The standard InChI is InChI=1S/C12H10BrF3N4/c13-9-6-18-10(17)11(20-9)19-5-7-1-3-8(4-2-7)12(14,15)16/h1-4,6H,5H2,(H2,17,18)(H,19,20). The molecule has 20 heavy (non-hydrogen) atoms. The summed E-state index contributed by atoms with van der Waals surface area (Å²) < 4.78 is 37.8. The summed E-state index contributed by atoms with van der Waals surface area (Å²) in [5.74, 6) is 0.597. The SMILES string of the molecule is Nc1ncc(Br)nc1NCc1ccc(C(F)(F)F)cc1. The lowest BCUT2D eigenvalue weighted by atomic mass is 10.1. The molecule has 106 valence electrons. The molecule has 0 amide bonds. The van der Waals surface area contributed by atoms with Crippen molar-refractivity contribution in [2.75, 3.05) is 11.1 Å². The molecule has 0 saturated heterocycles. The molecule has 0 aliphatic rings. The van der Waals surface area contributed by atoms with E-state index in [-0.39, 0.29) is 5.82 Å². The maximum atomic E-state index is 12.4. The van der Waals surface area contributed by atoms with E-state index < -0.39 is 11.7 Å². The van der Waals surface area contributed by atoms with Gasteiger partial charge in [-0.2, -0.15) is 13.2 Å². The fourth-order valence-corrected chi connectivity index (χ4v) is 1.78. The molecule has 2 rings (SSSR count). The highest BCUT2D eigenvalue weighted by molar-refractivity contribution is 9.10. The van der Waals surface area contributed by atoms with Crippen LogP contribution in [0.5, 0.6) is 0 Å². The van der Waals surface area contributed by atoms with Gasteiger partial charge in [0.2, 0.25) is 0 Å². The molecule has 0 bridgehead atoms. The molecule has 2 aromatic rings. The lowest BCUT2D eigenvalue weighted by molar-refractivity contribution is -0.137. The Labute approximate surface area is 121 Å². The van der Waals surface area contributed by atoms with Crippen LogP contribution in [0.1, 0.15) is 11.1 Å². The Hall–Kier alpha value is -1.83. The summed E-state index contributed by atoms with van der Waals surface area (Å²) in [6.45, 7) is 0.299. The molecule has 0 radical (unpaired) electrons. The van der Waals surface area contributed by atoms with Crippen molar-refractivity contribution in [3.8, 4) is 0 Å². The summed E-state index contributed by atoms with van der Waals surface area (Å²) in [5.41, 5.74) is 5.63. The van der Waals surface area contributed by atoms with E-state index in [1.54, 1.807) is 0 Å². The van der Waals surface area contributed by atoms with Gasteiger partial charge in [-0.3, -0.25) is 0 Å². The molecule has 4 nitrogen and oxygen atoms in total. The summed E-state index contributed by atoms with van der Waals surface area (Å²) in [6, 6.07) is 4.87. The second-order valence-electron chi connectivity index (χ2n) is 3.97. The number of rotatable bonds is 3. The monoisotopic (exact) mass is 346 g/mol. The number of hydrogen-bond acceptors (Lipinski definition) is 4. The molecule has 1 aromatic heterocycles. The van der Waals surface area contributed by atoms with Gasteiger partial charge in [0.1, 0.15) is 4.60 Å². The minimum Gasteiger partial charge on any atom is -0.381 e. The van der Waals surface area contributed by atoms with Gasteiger partial charge in [0.15, 0.2) is 11.6 Å². The first kappa shape index (κ1) is 14.6. The molecule has 0 saturated carbocycles. The number of aromatic nitrogens is 2. The molecular formula is C12H10BrF3N4. The predicted molar refractivity (Wildman–Crippen MR) is 72.9 cm³/mol. The van der Waals surface area contributed by atoms with Crippen molar-refractivity contribution in [3.63, 3.8) is 0 Å². The number of halogens is 4. The first-order valence-electron chi connectivity index (χ1n) is 5.54. The first-order chi connectivity index (χ1) is 9.36. The molecule has 0 aliphatic carbocycles. The maximum absolute atomic E-state index is 12.4. The van der Waals surface area contributed by atoms with E-state index in [1.807, 2.05) is 0 Å². The summed E-state index contributed by atoms with van der Waals surface area (Å²) in [4.78, 5) is 7.98. The van der Waals surface area contributed by atoms with Crippen molar-refractivity contribution in [2.45, 2.75) is 12.7 Å². The van der Waals surface area contributed by atoms with Crippen molar-refractivity contribution >= 4 is 27.6 Å². The Bertz CT molecular complexity index is 599. The minimum absolute atomic E-state index is 0.222. The van der Waals surface area contributed by atoms with E-state index in [1.165, 1.54) is 18.3 Å². The second-order valence-corrected chi connectivity index (χ2v) is 4.79. The fourth-order valence-electron chi connectivity index (χ4n) is 1.50. The van der Waals surface area contributed by atoms with Crippen molar-refractivity contribution in [3.05, 3.63) is 46.2 Å². The van der Waals surface area contributed by atoms with Gasteiger partial charge in [0, 0.05) is 6.54 Å². The zero-order chi connectivity index (χ0) is 14.8. The summed E-state index contributed by atoms with van der Waals surface area (Å²) in [5, 5.41) is 2.92. The Morgan fingerprint density at radius 1 is 1.20 bits per heavy atom. The summed E-state index contributed by atoms with van der Waals surface area (Å²) in [7, 11) is 0. The van der Waals surface area contributed by atoms with Crippen molar-refractivity contribution in [2.24, 2.45) is 0 Å². The number of hydrogen-bond donors (Lipinski definition) is 2. The Kier molecular flexibility index (Phi) is 4.12. The zero-order valence-corrected chi connectivity index (χ0v) is 11.7. The highest BCUT2D eigenvalue weighted by Crippen LogP contribution is 2.29. The van der Waals surface area contributed by atoms with Crippen LogP contribution in [0.4, 0.5) is 24.8 Å². The molecule has 0 spiro atoms. The van der Waals surface area contributed by atoms with Crippen LogP contribution in [0.2, 0.25) is 0 Å². The smallest absolute Gasteiger partial charge is 0.381 e. The van der Waals surface area contributed by atoms with Crippen LogP contribution in [0.3, 0.4) is 0 Å². The highest BCUT2D eigenvalue weighted by Gasteiger charge is 2.29. The van der Waals surface area contributed by atoms with Gasteiger partial charge in [-0.15, -0.1) is 0 Å². The number of nitrogen functional groups attached to an aromatic ring is 1. The van der Waals surface area contributed by atoms with Crippen LogP contribution >= 0.6 is 15.9 Å². The van der Waals surface area contributed by atoms with Gasteiger partial charge in [0.25, 0.3) is 0 Å². The molecule has 8 heteroatoms. The molecular weight excluding hydrogens is 337 g/mol. The Balaban J connectivity index is 2.06. The summed E-state index contributed by atoms with van der Waals surface area (Å²) in [6.07, 6.45) is -2.87. The third-order valence-corrected chi connectivity index (χ3v) is 2.89. The van der Waals surface area contributed by atoms with Gasteiger partial charge in [0.05, 0.1) is 11.8 Å². The van der Waals surface area contributed by atoms with Crippen LogP contribution in [0.15, 0.2) is 35.1 Å². The van der Waals surface area contributed by atoms with Crippen LogP contribution in [0.25, 0.3) is 0 Å². The maximum Gasteiger partial charge on any atom is 0.416 e. The van der Waals surface area contributed by atoms with E-state index in [9.17, 15) is 13.2 Å². The Morgan fingerprint density at radius 3 is 2.45 bits per heavy atom. The number of benzene rings is 1. The second kappa shape index (κ2) is 5.66. The number of nitrogens with one attached hydrogen (secondary N) is 1. The van der Waals surface area contributed by atoms with Crippen molar-refractivity contribution < 1.29 is 13.2 Å². The van der Waals surface area contributed by atoms with Crippen LogP contribution < -0.4 is 11.1 Å². The highest BCUT2D eigenvalue weighted by atomic mass is 79.9. The Morgan fingerprint density at radius 2 is 1.85 bits per heavy atom. The topological polar surface area (TPSA) is 63.8 Å². The lowest BCUT2D eigenvalue weighted by Gasteiger charge is -2.10. The quantitative estimate of drug-likeness (QED) is 0.893. The van der Waals surface area contributed by atoms with E-state index >= 15 is 0 Å². The molecule has 0 unspecified atom stereocenters. The van der Waals surface area contributed by atoms with Crippen molar-refractivity contribution in [1.82, 2.24) is 9.97 Å². The van der Waals surface area contributed by atoms with Crippen molar-refractivity contribution in [1.29, 1.82) is 0 Å². The normalized spacial score (nSPS) is 11.4. The van der Waals surface area contributed by atoms with Crippen LogP contribution in [-0.4, -0.2) is 9.97 Å². The van der Waals surface area contributed by atoms with E-state index in [0.29, 0.717) is 22.5 Å². The van der Waals surface area contributed by atoms with E-state index in [0.717, 1.165) is 12.1 Å². The van der Waals surface area contributed by atoms with Crippen LogP contribution in [-0.2, 0) is 12.7 Å². The molecule has 1 heterocycles. The number of nitrogens with two attached hydrogens (primary N) is 1. The van der Waals surface area contributed by atoms with E-state index in [2.05, 4.69) is 31.2 Å². The fraction of sp³-hybridized carbons (Fsp3) is 0.167. The van der Waals surface area contributed by atoms with Gasteiger partial charge < -0.3 is 11.1 Å². The minimum atomic E-state index is -4.33. The lowest BCUT2D eigenvalue weighted by Crippen LogP contribution is -2.07. The number of nitrogens with zero attached hydrogens (tertiary/aromatic N) is 2. The third-order valence-electron chi connectivity index (χ3n) is 2.51. The molecule has 1 aromatic carbocycles.